The van der Waals surface area contributed by atoms with E-state index in [9.17, 15) is 4.57 Å². The topological polar surface area (TPSA) is 53.7 Å². The molecule has 0 aliphatic carbocycles. The number of fused-ring (bicyclic) bond motifs is 1. The summed E-state index contributed by atoms with van der Waals surface area (Å²) in [7, 11) is -2.59. The van der Waals surface area contributed by atoms with Gasteiger partial charge in [-0.3, -0.25) is 4.57 Å². The lowest BCUT2D eigenvalue weighted by Gasteiger charge is -2.09. The van der Waals surface area contributed by atoms with Gasteiger partial charge in [-0.2, -0.15) is 0 Å². The highest BCUT2D eigenvalue weighted by Crippen LogP contribution is 2.63. The van der Waals surface area contributed by atoms with Crippen LogP contribution in [0, 0.1) is 0 Å². The summed E-state index contributed by atoms with van der Waals surface area (Å²) in [5.41, 5.74) is 1.80. The summed E-state index contributed by atoms with van der Waals surface area (Å²) in [4.78, 5) is 0. The number of para-hydroxylation sites is 2. The van der Waals surface area contributed by atoms with Crippen molar-refractivity contribution in [3.63, 3.8) is 0 Å². The van der Waals surface area contributed by atoms with Crippen molar-refractivity contribution in [3.05, 3.63) is 24.3 Å². The van der Waals surface area contributed by atoms with Crippen molar-refractivity contribution in [3.8, 4) is 0 Å². The molecule has 2 atom stereocenters. The Morgan fingerprint density at radius 2 is 1.79 bits per heavy atom. The molecule has 2 heterocycles. The fraction of sp³-hybridized carbons (Fsp3) is 0.333. The van der Waals surface area contributed by atoms with E-state index in [4.69, 9.17) is 4.74 Å². The quantitative estimate of drug-likeness (QED) is 0.552. The van der Waals surface area contributed by atoms with Gasteiger partial charge in [-0.05, 0) is 19.1 Å². The molecule has 1 aromatic carbocycles. The highest BCUT2D eigenvalue weighted by molar-refractivity contribution is 7.68. The van der Waals surface area contributed by atoms with Crippen LogP contribution in [0.4, 0.5) is 11.4 Å². The van der Waals surface area contributed by atoms with Gasteiger partial charge in [0.1, 0.15) is 0 Å². The highest BCUT2D eigenvalue weighted by atomic mass is 31.2. The smallest absolute Gasteiger partial charge is 0.288 e. The normalized spacial score (nSPS) is 31.5. The van der Waals surface area contributed by atoms with Crippen LogP contribution in [0.15, 0.2) is 24.3 Å². The Balaban J connectivity index is 1.94. The average Bonchev–Trinajstić information content (AvgIpc) is 2.79. The average molecular weight is 210 g/mol. The summed E-state index contributed by atoms with van der Waals surface area (Å²) >= 11 is 0. The lowest BCUT2D eigenvalue weighted by Crippen LogP contribution is -2.04. The summed E-state index contributed by atoms with van der Waals surface area (Å²) in [6.07, 6.45) is 0.0927. The Bertz CT molecular complexity index is 406. The van der Waals surface area contributed by atoms with Gasteiger partial charge in [-0.15, -0.1) is 0 Å². The van der Waals surface area contributed by atoms with E-state index in [0.717, 1.165) is 11.4 Å². The van der Waals surface area contributed by atoms with Crippen LogP contribution in [-0.4, -0.2) is 11.9 Å². The number of benzene rings is 1. The molecular formula is C9H11N2O2P. The Morgan fingerprint density at radius 1 is 1.29 bits per heavy atom. The van der Waals surface area contributed by atoms with Crippen molar-refractivity contribution in [1.82, 2.24) is 0 Å². The lowest BCUT2D eigenvalue weighted by atomic mass is 10.3. The molecule has 2 aliphatic rings. The summed E-state index contributed by atoms with van der Waals surface area (Å²) in [6, 6.07) is 7.66. The van der Waals surface area contributed by atoms with Gasteiger partial charge in [-0.25, -0.2) is 0 Å². The van der Waals surface area contributed by atoms with E-state index in [0.29, 0.717) is 0 Å². The Morgan fingerprint density at radius 3 is 2.21 bits per heavy atom. The number of epoxide rings is 1. The van der Waals surface area contributed by atoms with Crippen LogP contribution in [0.5, 0.6) is 0 Å². The van der Waals surface area contributed by atoms with Crippen LogP contribution in [0.3, 0.4) is 0 Å². The van der Waals surface area contributed by atoms with Crippen molar-refractivity contribution in [2.45, 2.75) is 18.9 Å². The van der Waals surface area contributed by atoms with Crippen LogP contribution >= 0.6 is 7.44 Å². The van der Waals surface area contributed by atoms with Gasteiger partial charge in [0, 0.05) is 0 Å². The number of hydrogen-bond donors (Lipinski definition) is 2. The van der Waals surface area contributed by atoms with E-state index >= 15 is 0 Å². The largest absolute Gasteiger partial charge is 0.358 e. The van der Waals surface area contributed by atoms with Crippen LogP contribution in [0.2, 0.25) is 0 Å². The summed E-state index contributed by atoms with van der Waals surface area (Å²) in [6.45, 7) is 1.93. The molecule has 3 rings (SSSR count). The second-order valence-corrected chi connectivity index (χ2v) is 5.93. The van der Waals surface area contributed by atoms with E-state index in [1.165, 1.54) is 0 Å². The van der Waals surface area contributed by atoms with E-state index in [1.807, 2.05) is 31.2 Å². The van der Waals surface area contributed by atoms with Gasteiger partial charge in [0.05, 0.1) is 17.5 Å². The van der Waals surface area contributed by atoms with Crippen LogP contribution in [-0.2, 0) is 9.30 Å². The molecule has 1 fully saturated rings. The van der Waals surface area contributed by atoms with Crippen molar-refractivity contribution in [2.24, 2.45) is 0 Å². The molecule has 4 nitrogen and oxygen atoms in total. The number of rotatable bonds is 1. The van der Waals surface area contributed by atoms with Crippen molar-refractivity contribution in [2.75, 3.05) is 10.2 Å². The molecule has 0 unspecified atom stereocenters. The first-order chi connectivity index (χ1) is 6.69. The molecule has 0 saturated carbocycles. The van der Waals surface area contributed by atoms with E-state index < -0.39 is 7.44 Å². The van der Waals surface area contributed by atoms with Gasteiger partial charge in [-0.1, -0.05) is 12.1 Å². The number of ether oxygens (including phenoxy) is 1. The van der Waals surface area contributed by atoms with Gasteiger partial charge < -0.3 is 14.9 Å². The summed E-state index contributed by atoms with van der Waals surface area (Å²) in [5.74, 6) is -0.171. The summed E-state index contributed by atoms with van der Waals surface area (Å²) in [5, 5.41) is 6.05. The second kappa shape index (κ2) is 2.53. The summed E-state index contributed by atoms with van der Waals surface area (Å²) < 4.78 is 17.5. The van der Waals surface area contributed by atoms with Crippen LogP contribution < -0.4 is 10.2 Å². The molecule has 74 valence electrons. The Kier molecular flexibility index (Phi) is 1.50. The SMILES string of the molecule is C[C@H]1O[C@H]1P1(=O)Nc2ccccc2N1. The zero-order chi connectivity index (χ0) is 9.76. The van der Waals surface area contributed by atoms with Crippen LogP contribution in [0.1, 0.15) is 6.92 Å². The van der Waals surface area contributed by atoms with Crippen LogP contribution in [0.25, 0.3) is 0 Å². The number of anilines is 2. The first-order valence-corrected chi connectivity index (χ1v) is 6.37. The molecule has 1 saturated heterocycles. The molecule has 1 aromatic rings. The first kappa shape index (κ1) is 8.33. The maximum atomic E-state index is 12.3. The molecule has 5 heteroatoms. The van der Waals surface area contributed by atoms with E-state index in [1.54, 1.807) is 0 Å². The monoisotopic (exact) mass is 210 g/mol. The van der Waals surface area contributed by atoms with Gasteiger partial charge >= 0.3 is 0 Å². The fourth-order valence-corrected chi connectivity index (χ4v) is 4.12. The Labute approximate surface area is 82.1 Å². The van der Waals surface area contributed by atoms with Crippen molar-refractivity contribution < 1.29 is 9.30 Å². The zero-order valence-electron chi connectivity index (χ0n) is 7.73. The molecular weight excluding hydrogens is 199 g/mol. The molecule has 0 bridgehead atoms. The lowest BCUT2D eigenvalue weighted by molar-refractivity contribution is 0.406. The molecule has 0 amide bonds. The molecule has 14 heavy (non-hydrogen) atoms. The molecule has 0 spiro atoms. The molecule has 2 aliphatic heterocycles. The molecule has 0 aromatic heterocycles. The van der Waals surface area contributed by atoms with Crippen molar-refractivity contribution >= 4 is 18.8 Å². The number of hydrogen-bond acceptors (Lipinski definition) is 2. The maximum absolute atomic E-state index is 12.3. The van der Waals surface area contributed by atoms with E-state index in [2.05, 4.69) is 10.2 Å². The third kappa shape index (κ3) is 1.08. The molecule has 2 N–H and O–H groups in total. The highest BCUT2D eigenvalue weighted by Gasteiger charge is 2.52. The third-order valence-electron chi connectivity index (χ3n) is 2.54. The second-order valence-electron chi connectivity index (χ2n) is 3.66. The van der Waals surface area contributed by atoms with E-state index in [-0.39, 0.29) is 11.9 Å². The maximum Gasteiger partial charge on any atom is 0.288 e. The molecule has 0 radical (unpaired) electrons. The van der Waals surface area contributed by atoms with Gasteiger partial charge in [0.25, 0.3) is 7.44 Å². The predicted octanol–water partition coefficient (Wildman–Crippen LogP) is 2.46. The third-order valence-corrected chi connectivity index (χ3v) is 4.94. The van der Waals surface area contributed by atoms with Crippen molar-refractivity contribution in [1.29, 1.82) is 0 Å². The minimum absolute atomic E-state index is 0.0927. The minimum Gasteiger partial charge on any atom is -0.358 e. The standard InChI is InChI=1S/C9H11N2O2P/c1-6-9(13-6)14(12)10-7-4-2-3-5-8(7)11-14/h2-6,9H,1H3,(H2,10,11,12)/t6-,9+/m1/s1. The fourth-order valence-electron chi connectivity index (χ4n) is 1.75. The van der Waals surface area contributed by atoms with Gasteiger partial charge in [0.2, 0.25) is 0 Å². The zero-order valence-corrected chi connectivity index (χ0v) is 8.62. The first-order valence-electron chi connectivity index (χ1n) is 4.60. The minimum atomic E-state index is -2.59. The Hall–Kier alpha value is -0.990. The predicted molar refractivity (Wildman–Crippen MR) is 55.6 cm³/mol. The number of nitrogens with one attached hydrogen (secondary N) is 2. The van der Waals surface area contributed by atoms with Gasteiger partial charge in [0.15, 0.2) is 5.85 Å².